The van der Waals surface area contributed by atoms with E-state index in [-0.39, 0.29) is 5.91 Å². The van der Waals surface area contributed by atoms with Crippen LogP contribution < -0.4 is 10.6 Å². The summed E-state index contributed by atoms with van der Waals surface area (Å²) in [5, 5.41) is 10.2. The third-order valence-electron chi connectivity index (χ3n) is 3.35. The Morgan fingerprint density at radius 1 is 1.30 bits per heavy atom. The molecule has 20 heavy (non-hydrogen) atoms. The number of hydrogen-bond acceptors (Lipinski definition) is 3. The van der Waals surface area contributed by atoms with Gasteiger partial charge >= 0.3 is 0 Å². The van der Waals surface area contributed by atoms with E-state index < -0.39 is 5.54 Å². The molecule has 5 nitrogen and oxygen atoms in total. The Balaban J connectivity index is 2.18. The van der Waals surface area contributed by atoms with Gasteiger partial charge in [-0.1, -0.05) is 18.2 Å². The summed E-state index contributed by atoms with van der Waals surface area (Å²) in [4.78, 5) is 12.2. The Hall–Kier alpha value is -2.14. The highest BCUT2D eigenvalue weighted by atomic mass is 16.2. The predicted molar refractivity (Wildman–Crippen MR) is 79.5 cm³/mol. The summed E-state index contributed by atoms with van der Waals surface area (Å²) in [6.45, 7) is 4.32. The second-order valence-electron chi connectivity index (χ2n) is 5.19. The third kappa shape index (κ3) is 3.24. The Kier molecular flexibility index (Phi) is 4.20. The van der Waals surface area contributed by atoms with Gasteiger partial charge in [0, 0.05) is 18.1 Å². The number of likely N-dealkylation sites (N-methyl/N-ethyl adjacent to an activating group) is 1. The number of para-hydroxylation sites is 1. The van der Waals surface area contributed by atoms with E-state index in [0.29, 0.717) is 6.54 Å². The van der Waals surface area contributed by atoms with Gasteiger partial charge in [-0.15, -0.1) is 0 Å². The standard InChI is InChI=1S/C15H20N4O/c1-15(2,16-3)14(20)18-13-8-5-4-7-12(13)11-19-10-6-9-17-19/h4-10,16H,11H2,1-3H3,(H,18,20). The van der Waals surface area contributed by atoms with Gasteiger partial charge in [-0.2, -0.15) is 5.10 Å². The van der Waals surface area contributed by atoms with Crippen molar-refractivity contribution in [2.45, 2.75) is 25.9 Å². The molecule has 0 bridgehead atoms. The number of nitrogens with zero attached hydrogens (tertiary/aromatic N) is 2. The number of carbonyl (C=O) groups is 1. The number of aromatic nitrogens is 2. The summed E-state index contributed by atoms with van der Waals surface area (Å²) < 4.78 is 1.83. The Bertz CT molecular complexity index is 575. The molecule has 0 saturated heterocycles. The van der Waals surface area contributed by atoms with E-state index in [9.17, 15) is 4.79 Å². The molecule has 0 unspecified atom stereocenters. The van der Waals surface area contributed by atoms with Crippen molar-refractivity contribution in [3.8, 4) is 0 Å². The maximum absolute atomic E-state index is 12.2. The quantitative estimate of drug-likeness (QED) is 0.873. The molecular formula is C15H20N4O. The summed E-state index contributed by atoms with van der Waals surface area (Å²) >= 11 is 0. The van der Waals surface area contributed by atoms with E-state index in [1.54, 1.807) is 13.2 Å². The van der Waals surface area contributed by atoms with Crippen molar-refractivity contribution in [3.63, 3.8) is 0 Å². The van der Waals surface area contributed by atoms with E-state index in [1.807, 2.05) is 55.1 Å². The minimum absolute atomic E-state index is 0.0621. The van der Waals surface area contributed by atoms with Crippen LogP contribution in [0.4, 0.5) is 5.69 Å². The molecule has 2 N–H and O–H groups in total. The molecule has 0 aliphatic rings. The van der Waals surface area contributed by atoms with E-state index in [0.717, 1.165) is 11.3 Å². The maximum atomic E-state index is 12.2. The molecule has 2 rings (SSSR count). The van der Waals surface area contributed by atoms with Crippen LogP contribution in [0.15, 0.2) is 42.7 Å². The summed E-state index contributed by atoms with van der Waals surface area (Å²) in [5.41, 5.74) is 1.23. The number of hydrogen-bond donors (Lipinski definition) is 2. The highest BCUT2D eigenvalue weighted by Gasteiger charge is 2.25. The van der Waals surface area contributed by atoms with Gasteiger partial charge in [0.1, 0.15) is 0 Å². The first kappa shape index (κ1) is 14.3. The first-order chi connectivity index (χ1) is 9.53. The van der Waals surface area contributed by atoms with Gasteiger partial charge in [0.15, 0.2) is 0 Å². The molecular weight excluding hydrogens is 252 g/mol. The molecule has 2 aromatic rings. The van der Waals surface area contributed by atoms with Gasteiger partial charge in [-0.05, 0) is 38.6 Å². The minimum Gasteiger partial charge on any atom is -0.324 e. The molecule has 1 heterocycles. The lowest BCUT2D eigenvalue weighted by Crippen LogP contribution is -2.48. The molecule has 0 aliphatic carbocycles. The second-order valence-corrected chi connectivity index (χ2v) is 5.19. The molecule has 0 fully saturated rings. The van der Waals surface area contributed by atoms with Gasteiger partial charge in [0.05, 0.1) is 12.1 Å². The summed E-state index contributed by atoms with van der Waals surface area (Å²) in [7, 11) is 1.77. The first-order valence-electron chi connectivity index (χ1n) is 6.58. The molecule has 0 aliphatic heterocycles. The molecule has 1 aromatic heterocycles. The Labute approximate surface area is 119 Å². The summed E-state index contributed by atoms with van der Waals surface area (Å²) in [6, 6.07) is 9.64. The van der Waals surface area contributed by atoms with Crippen molar-refractivity contribution in [2.24, 2.45) is 0 Å². The molecule has 106 valence electrons. The van der Waals surface area contributed by atoms with Crippen molar-refractivity contribution < 1.29 is 4.79 Å². The fourth-order valence-corrected chi connectivity index (χ4v) is 1.74. The number of carbonyl (C=O) groups excluding carboxylic acids is 1. The highest BCUT2D eigenvalue weighted by Crippen LogP contribution is 2.18. The molecule has 0 radical (unpaired) electrons. The lowest BCUT2D eigenvalue weighted by atomic mass is 10.0. The minimum atomic E-state index is -0.612. The largest absolute Gasteiger partial charge is 0.324 e. The number of amides is 1. The van der Waals surface area contributed by atoms with Crippen LogP contribution in [0.3, 0.4) is 0 Å². The van der Waals surface area contributed by atoms with Gasteiger partial charge in [0.2, 0.25) is 5.91 Å². The zero-order valence-corrected chi connectivity index (χ0v) is 12.1. The van der Waals surface area contributed by atoms with E-state index >= 15 is 0 Å². The number of benzene rings is 1. The molecule has 5 heteroatoms. The fourth-order valence-electron chi connectivity index (χ4n) is 1.74. The van der Waals surface area contributed by atoms with E-state index in [4.69, 9.17) is 0 Å². The molecule has 0 spiro atoms. The number of rotatable bonds is 5. The van der Waals surface area contributed by atoms with E-state index in [1.165, 1.54) is 0 Å². The average molecular weight is 272 g/mol. The second kappa shape index (κ2) is 5.88. The maximum Gasteiger partial charge on any atom is 0.244 e. The topological polar surface area (TPSA) is 59.0 Å². The smallest absolute Gasteiger partial charge is 0.244 e. The third-order valence-corrected chi connectivity index (χ3v) is 3.35. The lowest BCUT2D eigenvalue weighted by molar-refractivity contribution is -0.121. The van der Waals surface area contributed by atoms with Crippen LogP contribution in [-0.4, -0.2) is 28.3 Å². The van der Waals surface area contributed by atoms with Crippen LogP contribution >= 0.6 is 0 Å². The van der Waals surface area contributed by atoms with Crippen LogP contribution in [0, 0.1) is 0 Å². The summed E-state index contributed by atoms with van der Waals surface area (Å²) in [6.07, 6.45) is 3.64. The van der Waals surface area contributed by atoms with Crippen molar-refractivity contribution in [3.05, 3.63) is 48.3 Å². The van der Waals surface area contributed by atoms with Crippen molar-refractivity contribution in [1.82, 2.24) is 15.1 Å². The lowest BCUT2D eigenvalue weighted by Gasteiger charge is -2.23. The van der Waals surface area contributed by atoms with E-state index in [2.05, 4.69) is 15.7 Å². The van der Waals surface area contributed by atoms with Crippen LogP contribution in [0.2, 0.25) is 0 Å². The van der Waals surface area contributed by atoms with Crippen LogP contribution in [0.1, 0.15) is 19.4 Å². The zero-order valence-electron chi connectivity index (χ0n) is 12.1. The van der Waals surface area contributed by atoms with Gasteiger partial charge < -0.3 is 10.6 Å². The molecule has 1 amide bonds. The monoisotopic (exact) mass is 272 g/mol. The zero-order chi connectivity index (χ0) is 14.6. The average Bonchev–Trinajstić information content (AvgIpc) is 2.94. The van der Waals surface area contributed by atoms with Crippen molar-refractivity contribution in [1.29, 1.82) is 0 Å². The Morgan fingerprint density at radius 2 is 2.05 bits per heavy atom. The number of nitrogens with one attached hydrogen (secondary N) is 2. The fraction of sp³-hybridized carbons (Fsp3) is 0.333. The van der Waals surface area contributed by atoms with Gasteiger partial charge in [0.25, 0.3) is 0 Å². The van der Waals surface area contributed by atoms with Crippen LogP contribution in [-0.2, 0) is 11.3 Å². The predicted octanol–water partition coefficient (Wildman–Crippen LogP) is 1.87. The van der Waals surface area contributed by atoms with Crippen LogP contribution in [0.25, 0.3) is 0 Å². The van der Waals surface area contributed by atoms with Crippen molar-refractivity contribution >= 4 is 11.6 Å². The molecule has 1 aromatic carbocycles. The van der Waals surface area contributed by atoms with Crippen molar-refractivity contribution in [2.75, 3.05) is 12.4 Å². The molecule has 0 atom stereocenters. The van der Waals surface area contributed by atoms with Gasteiger partial charge in [-0.3, -0.25) is 9.48 Å². The highest BCUT2D eigenvalue weighted by molar-refractivity contribution is 5.98. The van der Waals surface area contributed by atoms with Crippen LogP contribution in [0.5, 0.6) is 0 Å². The SMILES string of the molecule is CNC(C)(C)C(=O)Nc1ccccc1Cn1cccn1. The first-order valence-corrected chi connectivity index (χ1v) is 6.58. The van der Waals surface area contributed by atoms with Gasteiger partial charge in [-0.25, -0.2) is 0 Å². The Morgan fingerprint density at radius 3 is 2.70 bits per heavy atom. The molecule has 0 saturated carbocycles. The number of anilines is 1. The summed E-state index contributed by atoms with van der Waals surface area (Å²) in [5.74, 6) is -0.0621. The normalized spacial score (nSPS) is 11.3.